The predicted molar refractivity (Wildman–Crippen MR) is 90.2 cm³/mol. The molecule has 6 heteroatoms. The van der Waals surface area contributed by atoms with Crippen LogP contribution in [-0.4, -0.2) is 29.8 Å². The van der Waals surface area contributed by atoms with Gasteiger partial charge in [-0.2, -0.15) is 0 Å². The number of hydrogen-bond donors (Lipinski definition) is 0. The van der Waals surface area contributed by atoms with Gasteiger partial charge in [-0.25, -0.2) is 4.39 Å². The van der Waals surface area contributed by atoms with Gasteiger partial charge in [0.2, 0.25) is 0 Å². The van der Waals surface area contributed by atoms with E-state index < -0.39 is 0 Å². The third-order valence-corrected chi connectivity index (χ3v) is 4.99. The van der Waals surface area contributed by atoms with Crippen molar-refractivity contribution in [1.82, 2.24) is 10.1 Å². The molecule has 3 heterocycles. The third-order valence-electron chi connectivity index (χ3n) is 4.10. The normalized spacial score (nSPS) is 18.8. The highest BCUT2D eigenvalue weighted by atomic mass is 32.1. The van der Waals surface area contributed by atoms with Crippen LogP contribution in [0.2, 0.25) is 0 Å². The van der Waals surface area contributed by atoms with Gasteiger partial charge < -0.3 is 9.26 Å². The fourth-order valence-electron chi connectivity index (χ4n) is 2.88. The van der Waals surface area contributed by atoms with Gasteiger partial charge in [-0.05, 0) is 29.1 Å². The SMILES string of the molecule is Fc1ccc([C@@H]2CN(Cc3cc(-c4cccs4)on3)CCO2)cc1. The Morgan fingerprint density at radius 1 is 1.25 bits per heavy atom. The molecule has 2 aromatic heterocycles. The number of ether oxygens (including phenoxy) is 1. The van der Waals surface area contributed by atoms with Gasteiger partial charge in [-0.1, -0.05) is 23.4 Å². The van der Waals surface area contributed by atoms with Crippen molar-refractivity contribution in [3.63, 3.8) is 0 Å². The van der Waals surface area contributed by atoms with Crippen LogP contribution in [0.3, 0.4) is 0 Å². The average Bonchev–Trinajstić information content (AvgIpc) is 3.27. The molecule has 0 bridgehead atoms. The van der Waals surface area contributed by atoms with Crippen LogP contribution >= 0.6 is 11.3 Å². The molecule has 1 aromatic carbocycles. The zero-order valence-electron chi connectivity index (χ0n) is 13.0. The number of rotatable bonds is 4. The number of morpholine rings is 1. The van der Waals surface area contributed by atoms with E-state index in [1.807, 2.05) is 23.6 Å². The maximum atomic E-state index is 13.1. The molecule has 1 aliphatic rings. The Labute approximate surface area is 143 Å². The summed E-state index contributed by atoms with van der Waals surface area (Å²) in [6, 6.07) is 12.5. The summed E-state index contributed by atoms with van der Waals surface area (Å²) in [5.41, 5.74) is 1.92. The van der Waals surface area contributed by atoms with Gasteiger partial charge in [0.05, 0.1) is 23.3 Å². The first-order chi connectivity index (χ1) is 11.8. The van der Waals surface area contributed by atoms with Crippen LogP contribution < -0.4 is 0 Å². The van der Waals surface area contributed by atoms with Crippen molar-refractivity contribution < 1.29 is 13.7 Å². The highest BCUT2D eigenvalue weighted by Gasteiger charge is 2.23. The monoisotopic (exact) mass is 344 g/mol. The predicted octanol–water partition coefficient (Wildman–Crippen LogP) is 4.12. The average molecular weight is 344 g/mol. The number of nitrogens with zero attached hydrogens (tertiary/aromatic N) is 2. The molecular formula is C18H17FN2O2S. The van der Waals surface area contributed by atoms with Crippen molar-refractivity contribution in [2.45, 2.75) is 12.6 Å². The lowest BCUT2D eigenvalue weighted by molar-refractivity contribution is -0.0335. The van der Waals surface area contributed by atoms with Gasteiger partial charge in [-0.15, -0.1) is 11.3 Å². The number of thiophene rings is 1. The molecule has 1 atom stereocenters. The topological polar surface area (TPSA) is 38.5 Å². The van der Waals surface area contributed by atoms with Gasteiger partial charge >= 0.3 is 0 Å². The van der Waals surface area contributed by atoms with Crippen molar-refractivity contribution in [3.8, 4) is 10.6 Å². The molecule has 24 heavy (non-hydrogen) atoms. The van der Waals surface area contributed by atoms with E-state index in [1.165, 1.54) is 12.1 Å². The molecule has 1 saturated heterocycles. The molecule has 4 rings (SSSR count). The van der Waals surface area contributed by atoms with E-state index in [9.17, 15) is 4.39 Å². The number of benzene rings is 1. The number of aromatic nitrogens is 1. The summed E-state index contributed by atoms with van der Waals surface area (Å²) in [4.78, 5) is 3.37. The van der Waals surface area contributed by atoms with E-state index in [-0.39, 0.29) is 11.9 Å². The summed E-state index contributed by atoms with van der Waals surface area (Å²) < 4.78 is 24.3. The number of hydrogen-bond acceptors (Lipinski definition) is 5. The molecule has 0 unspecified atom stereocenters. The molecule has 0 aliphatic carbocycles. The third kappa shape index (κ3) is 3.40. The lowest BCUT2D eigenvalue weighted by Gasteiger charge is -2.32. The molecule has 1 aliphatic heterocycles. The molecule has 0 N–H and O–H groups in total. The quantitative estimate of drug-likeness (QED) is 0.714. The largest absolute Gasteiger partial charge is 0.371 e. The molecule has 0 radical (unpaired) electrons. The van der Waals surface area contributed by atoms with Crippen LogP contribution in [0.5, 0.6) is 0 Å². The number of halogens is 1. The fraction of sp³-hybridized carbons (Fsp3) is 0.278. The first-order valence-corrected chi connectivity index (χ1v) is 8.75. The van der Waals surface area contributed by atoms with Crippen LogP contribution in [-0.2, 0) is 11.3 Å². The summed E-state index contributed by atoms with van der Waals surface area (Å²) in [5, 5.41) is 6.20. The van der Waals surface area contributed by atoms with E-state index in [4.69, 9.17) is 9.26 Å². The zero-order valence-corrected chi connectivity index (χ0v) is 13.8. The molecule has 124 valence electrons. The van der Waals surface area contributed by atoms with E-state index in [0.29, 0.717) is 6.61 Å². The lowest BCUT2D eigenvalue weighted by atomic mass is 10.1. The van der Waals surface area contributed by atoms with Crippen molar-refractivity contribution in [2.75, 3.05) is 19.7 Å². The van der Waals surface area contributed by atoms with Crippen molar-refractivity contribution in [1.29, 1.82) is 0 Å². The molecule has 0 saturated carbocycles. The van der Waals surface area contributed by atoms with Crippen LogP contribution in [0, 0.1) is 5.82 Å². The summed E-state index contributed by atoms with van der Waals surface area (Å²) in [7, 11) is 0. The second kappa shape index (κ2) is 6.84. The van der Waals surface area contributed by atoms with Gasteiger partial charge in [0.1, 0.15) is 5.82 Å². The molecule has 0 spiro atoms. The molecule has 4 nitrogen and oxygen atoms in total. The van der Waals surface area contributed by atoms with E-state index in [1.54, 1.807) is 23.5 Å². The van der Waals surface area contributed by atoms with Crippen molar-refractivity contribution in [2.24, 2.45) is 0 Å². The second-order valence-electron chi connectivity index (χ2n) is 5.81. The summed E-state index contributed by atoms with van der Waals surface area (Å²) >= 11 is 1.64. The maximum absolute atomic E-state index is 13.1. The fourth-order valence-corrected chi connectivity index (χ4v) is 3.55. The Bertz CT molecular complexity index is 786. The molecule has 0 amide bonds. The highest BCUT2D eigenvalue weighted by molar-refractivity contribution is 7.13. The van der Waals surface area contributed by atoms with Crippen LogP contribution in [0.4, 0.5) is 4.39 Å². The molecular weight excluding hydrogens is 327 g/mol. The Morgan fingerprint density at radius 3 is 2.92 bits per heavy atom. The van der Waals surface area contributed by atoms with Crippen LogP contribution in [0.15, 0.2) is 52.4 Å². The van der Waals surface area contributed by atoms with E-state index in [0.717, 1.165) is 41.5 Å². The van der Waals surface area contributed by atoms with E-state index >= 15 is 0 Å². The second-order valence-corrected chi connectivity index (χ2v) is 6.75. The minimum absolute atomic E-state index is 0.0389. The van der Waals surface area contributed by atoms with Crippen LogP contribution in [0.1, 0.15) is 17.4 Å². The zero-order chi connectivity index (χ0) is 16.4. The van der Waals surface area contributed by atoms with Crippen molar-refractivity contribution in [3.05, 3.63) is 64.9 Å². The Morgan fingerprint density at radius 2 is 2.12 bits per heavy atom. The smallest absolute Gasteiger partial charge is 0.177 e. The summed E-state index contributed by atoms with van der Waals surface area (Å²) in [6.07, 6.45) is -0.0389. The van der Waals surface area contributed by atoms with Gasteiger partial charge in [-0.3, -0.25) is 4.90 Å². The minimum Gasteiger partial charge on any atom is -0.371 e. The summed E-state index contributed by atoms with van der Waals surface area (Å²) in [5.74, 6) is 0.582. The van der Waals surface area contributed by atoms with E-state index in [2.05, 4.69) is 10.1 Å². The Hall–Kier alpha value is -2.02. The van der Waals surface area contributed by atoms with Gasteiger partial charge in [0, 0.05) is 25.7 Å². The standard InChI is InChI=1S/C18H17FN2O2S/c19-14-5-3-13(4-6-14)17-12-21(7-8-22-17)11-15-10-16(23-20-15)18-2-1-9-24-18/h1-6,9-10,17H,7-8,11-12H2/t17-/m0/s1. The maximum Gasteiger partial charge on any atom is 0.177 e. The van der Waals surface area contributed by atoms with Crippen LogP contribution in [0.25, 0.3) is 10.6 Å². The minimum atomic E-state index is -0.227. The lowest BCUT2D eigenvalue weighted by Crippen LogP contribution is -2.37. The first-order valence-electron chi connectivity index (χ1n) is 7.87. The summed E-state index contributed by atoms with van der Waals surface area (Å²) in [6.45, 7) is 2.97. The van der Waals surface area contributed by atoms with Crippen molar-refractivity contribution >= 4 is 11.3 Å². The first kappa shape index (κ1) is 15.5. The molecule has 1 fully saturated rings. The Kier molecular flexibility index (Phi) is 4.42. The van der Waals surface area contributed by atoms with Gasteiger partial charge in [0.25, 0.3) is 0 Å². The molecule has 3 aromatic rings. The highest BCUT2D eigenvalue weighted by Crippen LogP contribution is 2.27. The Balaban J connectivity index is 1.42. The van der Waals surface area contributed by atoms with Gasteiger partial charge in [0.15, 0.2) is 5.76 Å².